The Bertz CT molecular complexity index is 827. The van der Waals surface area contributed by atoms with E-state index < -0.39 is 11.2 Å². The standard InChI is InChI=1S/C20H22O6.C2H6/c1-18-5-4-11-12(9-24-17(11)23)13(18)8-14-19(25-14)16(22)10(3-2-6-21)7-15-20(18,19)26-15;1-2/h7,13-15,21H,2-6,8-9H2,1H3;1-2H3. The van der Waals surface area contributed by atoms with E-state index in [9.17, 15) is 9.59 Å². The van der Waals surface area contributed by atoms with Crippen LogP contribution in [0.15, 0.2) is 22.8 Å². The van der Waals surface area contributed by atoms with Crippen molar-refractivity contribution in [1.82, 2.24) is 0 Å². The second kappa shape index (κ2) is 5.77. The quantitative estimate of drug-likeness (QED) is 0.589. The molecule has 3 aliphatic heterocycles. The molecule has 0 bridgehead atoms. The molecule has 1 saturated carbocycles. The van der Waals surface area contributed by atoms with Crippen LogP contribution in [0.25, 0.3) is 0 Å². The molecular formula is C22H28O6. The zero-order valence-corrected chi connectivity index (χ0v) is 16.7. The molecule has 2 saturated heterocycles. The summed E-state index contributed by atoms with van der Waals surface area (Å²) in [4.78, 5) is 25.3. The number of fused-ring (bicyclic) bond motifs is 2. The van der Waals surface area contributed by atoms with Crippen molar-refractivity contribution in [2.24, 2.45) is 11.3 Å². The summed E-state index contributed by atoms with van der Waals surface area (Å²) in [6.07, 6.45) is 5.13. The van der Waals surface area contributed by atoms with Gasteiger partial charge in [0, 0.05) is 17.6 Å². The van der Waals surface area contributed by atoms with Crippen LogP contribution in [0.1, 0.15) is 52.9 Å². The average molecular weight is 388 g/mol. The molecule has 6 unspecified atom stereocenters. The van der Waals surface area contributed by atoms with E-state index in [1.54, 1.807) is 0 Å². The van der Waals surface area contributed by atoms with Gasteiger partial charge in [-0.2, -0.15) is 0 Å². The number of hydrogen-bond donors (Lipinski definition) is 1. The molecule has 6 rings (SSSR count). The molecule has 0 aromatic heterocycles. The summed E-state index contributed by atoms with van der Waals surface area (Å²) in [5, 5.41) is 9.12. The Kier molecular flexibility index (Phi) is 3.82. The lowest BCUT2D eigenvalue weighted by Crippen LogP contribution is -2.63. The van der Waals surface area contributed by atoms with E-state index in [0.717, 1.165) is 29.6 Å². The van der Waals surface area contributed by atoms with Crippen molar-refractivity contribution in [3.8, 4) is 0 Å². The highest BCUT2D eigenvalue weighted by atomic mass is 16.7. The molecule has 0 amide bonds. The molecule has 152 valence electrons. The molecule has 2 spiro atoms. The van der Waals surface area contributed by atoms with E-state index in [-0.39, 0.29) is 41.9 Å². The summed E-state index contributed by atoms with van der Waals surface area (Å²) >= 11 is 0. The maximum atomic E-state index is 13.3. The van der Waals surface area contributed by atoms with E-state index in [1.807, 2.05) is 19.9 Å². The van der Waals surface area contributed by atoms with Gasteiger partial charge in [0.15, 0.2) is 11.4 Å². The Morgan fingerprint density at radius 2 is 2.04 bits per heavy atom. The van der Waals surface area contributed by atoms with Crippen molar-refractivity contribution in [1.29, 1.82) is 0 Å². The number of Topliss-reactive ketones (excluding diaryl/α,β-unsaturated/α-hetero) is 1. The number of hydrogen-bond acceptors (Lipinski definition) is 6. The average Bonchev–Trinajstić information content (AvgIpc) is 3.58. The lowest BCUT2D eigenvalue weighted by molar-refractivity contribution is -0.136. The Morgan fingerprint density at radius 3 is 2.79 bits per heavy atom. The molecule has 6 atom stereocenters. The summed E-state index contributed by atoms with van der Waals surface area (Å²) in [5.74, 6) is 0.0543. The zero-order chi connectivity index (χ0) is 19.9. The number of cyclic esters (lactones) is 1. The van der Waals surface area contributed by atoms with Gasteiger partial charge in [0.05, 0.1) is 6.10 Å². The molecule has 1 N–H and O–H groups in total. The van der Waals surface area contributed by atoms with Gasteiger partial charge in [-0.05, 0) is 55.2 Å². The first-order valence-corrected chi connectivity index (χ1v) is 10.6. The topological polar surface area (TPSA) is 88.7 Å². The van der Waals surface area contributed by atoms with Crippen molar-refractivity contribution < 1.29 is 28.9 Å². The molecule has 28 heavy (non-hydrogen) atoms. The second-order valence-corrected chi connectivity index (χ2v) is 8.75. The Labute approximate surface area is 164 Å². The summed E-state index contributed by atoms with van der Waals surface area (Å²) in [5.41, 5.74) is 1.03. The van der Waals surface area contributed by atoms with Crippen molar-refractivity contribution in [3.05, 3.63) is 22.8 Å². The van der Waals surface area contributed by atoms with Crippen LogP contribution in [0.4, 0.5) is 0 Å². The van der Waals surface area contributed by atoms with Crippen molar-refractivity contribution in [2.45, 2.75) is 76.3 Å². The smallest absolute Gasteiger partial charge is 0.334 e. The van der Waals surface area contributed by atoms with Gasteiger partial charge in [-0.25, -0.2) is 4.79 Å². The monoisotopic (exact) mass is 388 g/mol. The molecule has 3 fully saturated rings. The van der Waals surface area contributed by atoms with Crippen LogP contribution < -0.4 is 0 Å². The molecule has 0 aromatic rings. The zero-order valence-electron chi connectivity index (χ0n) is 16.7. The second-order valence-electron chi connectivity index (χ2n) is 8.75. The van der Waals surface area contributed by atoms with Gasteiger partial charge in [0.25, 0.3) is 0 Å². The number of ether oxygens (including phenoxy) is 3. The van der Waals surface area contributed by atoms with E-state index in [1.165, 1.54) is 0 Å². The highest BCUT2D eigenvalue weighted by molar-refractivity contribution is 6.08. The number of carbonyl (C=O) groups is 2. The van der Waals surface area contributed by atoms with Gasteiger partial charge in [-0.3, -0.25) is 4.79 Å². The van der Waals surface area contributed by atoms with Crippen molar-refractivity contribution in [3.63, 3.8) is 0 Å². The highest BCUT2D eigenvalue weighted by Gasteiger charge is 2.92. The Balaban J connectivity index is 0.000000829. The third-order valence-corrected chi connectivity index (χ3v) is 7.89. The number of epoxide rings is 2. The first kappa shape index (κ1) is 18.5. The third-order valence-electron chi connectivity index (χ3n) is 7.89. The van der Waals surface area contributed by atoms with Gasteiger partial charge in [0.2, 0.25) is 0 Å². The molecule has 3 aliphatic carbocycles. The predicted octanol–water partition coefficient (Wildman–Crippen LogP) is 2.24. The normalized spacial score (nSPS) is 46.7. The SMILES string of the molecule is CC.CC12CCC3=C(COC3=O)C1CC1OC13C(=O)C(CCCO)=CC1OC123. The van der Waals surface area contributed by atoms with Crippen molar-refractivity contribution in [2.75, 3.05) is 13.2 Å². The molecule has 6 heteroatoms. The van der Waals surface area contributed by atoms with Crippen LogP contribution in [0.3, 0.4) is 0 Å². The number of esters is 1. The van der Waals surface area contributed by atoms with Gasteiger partial charge in [-0.1, -0.05) is 20.8 Å². The number of ketones is 1. The minimum atomic E-state index is -0.843. The maximum Gasteiger partial charge on any atom is 0.334 e. The molecule has 0 aromatic carbocycles. The molecule has 0 radical (unpaired) electrons. The molecule has 6 aliphatic rings. The lowest BCUT2D eigenvalue weighted by Gasteiger charge is -2.51. The van der Waals surface area contributed by atoms with E-state index in [2.05, 4.69) is 6.92 Å². The van der Waals surface area contributed by atoms with Gasteiger partial charge < -0.3 is 19.3 Å². The van der Waals surface area contributed by atoms with Crippen LogP contribution in [0, 0.1) is 11.3 Å². The first-order valence-electron chi connectivity index (χ1n) is 10.6. The third kappa shape index (κ3) is 1.85. The highest BCUT2D eigenvalue weighted by Crippen LogP contribution is 2.77. The Morgan fingerprint density at radius 1 is 1.25 bits per heavy atom. The minimum absolute atomic E-state index is 0.0582. The van der Waals surface area contributed by atoms with Crippen LogP contribution >= 0.6 is 0 Å². The summed E-state index contributed by atoms with van der Waals surface area (Å²) in [6.45, 7) is 6.66. The van der Waals surface area contributed by atoms with Gasteiger partial charge in [0.1, 0.15) is 18.3 Å². The van der Waals surface area contributed by atoms with Crippen LogP contribution in [0.2, 0.25) is 0 Å². The largest absolute Gasteiger partial charge is 0.458 e. The first-order chi connectivity index (χ1) is 13.5. The molecular weight excluding hydrogens is 360 g/mol. The number of aliphatic hydroxyl groups is 1. The maximum absolute atomic E-state index is 13.3. The summed E-state index contributed by atoms with van der Waals surface area (Å²) < 4.78 is 17.8. The van der Waals surface area contributed by atoms with Crippen molar-refractivity contribution >= 4 is 11.8 Å². The fraction of sp³-hybridized carbons (Fsp3) is 0.727. The van der Waals surface area contributed by atoms with Crippen LogP contribution in [-0.2, 0) is 23.8 Å². The summed E-state index contributed by atoms with van der Waals surface area (Å²) in [6, 6.07) is 0. The van der Waals surface area contributed by atoms with Crippen LogP contribution in [0.5, 0.6) is 0 Å². The number of carbonyl (C=O) groups excluding carboxylic acids is 2. The van der Waals surface area contributed by atoms with Gasteiger partial charge >= 0.3 is 5.97 Å². The number of rotatable bonds is 3. The van der Waals surface area contributed by atoms with E-state index in [4.69, 9.17) is 19.3 Å². The van der Waals surface area contributed by atoms with E-state index >= 15 is 0 Å². The lowest BCUT2D eigenvalue weighted by atomic mass is 9.48. The molecule has 3 heterocycles. The Hall–Kier alpha value is -1.50. The predicted molar refractivity (Wildman–Crippen MR) is 99.4 cm³/mol. The van der Waals surface area contributed by atoms with Crippen LogP contribution in [-0.4, -0.2) is 53.5 Å². The fourth-order valence-electron chi connectivity index (χ4n) is 6.59. The minimum Gasteiger partial charge on any atom is -0.458 e. The fourth-order valence-corrected chi connectivity index (χ4v) is 6.59. The molecule has 6 nitrogen and oxygen atoms in total. The summed E-state index contributed by atoms with van der Waals surface area (Å²) in [7, 11) is 0. The van der Waals surface area contributed by atoms with Gasteiger partial charge in [-0.15, -0.1) is 0 Å². The number of aliphatic hydroxyl groups excluding tert-OH is 1. The van der Waals surface area contributed by atoms with E-state index in [0.29, 0.717) is 25.9 Å².